The summed E-state index contributed by atoms with van der Waals surface area (Å²) in [6, 6.07) is 15.4. The molecule has 0 saturated heterocycles. The first-order valence-corrected chi connectivity index (χ1v) is 42.1. The third-order valence-electron chi connectivity index (χ3n) is 18.7. The van der Waals surface area contributed by atoms with E-state index in [9.17, 15) is 48.3 Å². The predicted molar refractivity (Wildman–Crippen MR) is 450 cm³/mol. The number of aryl methyl sites for hydroxylation is 1. The van der Waals surface area contributed by atoms with Crippen LogP contribution in [0.3, 0.4) is 0 Å². The minimum absolute atomic E-state index is 0.00443. The number of imide groups is 1. The van der Waals surface area contributed by atoms with E-state index < -0.39 is 72.0 Å². The van der Waals surface area contributed by atoms with Crippen LogP contribution in [0, 0.1) is 24.6 Å². The number of aromatic nitrogens is 7. The highest BCUT2D eigenvalue weighted by Gasteiger charge is 2.31. The number of nitrogens with zero attached hydrogens (tertiary/aromatic N) is 11. The summed E-state index contributed by atoms with van der Waals surface area (Å²) in [4.78, 5) is 126. The molecule has 124 heavy (non-hydrogen) atoms. The Kier molecular flexibility index (Phi) is 40.2. The fourth-order valence-corrected chi connectivity index (χ4v) is 14.3. The monoisotopic (exact) mass is 1760 g/mol. The van der Waals surface area contributed by atoms with Crippen LogP contribution in [0.15, 0.2) is 79.0 Å². The van der Waals surface area contributed by atoms with Gasteiger partial charge in [0.15, 0.2) is 39.2 Å². The molecule has 8 amide bonds. The second-order valence-electron chi connectivity index (χ2n) is 28.8. The summed E-state index contributed by atoms with van der Waals surface area (Å²) in [5, 5.41) is 51.3. The lowest BCUT2D eigenvalue weighted by molar-refractivity contribution is -0.896. The largest absolute Gasteiger partial charge is 0.491 e. The first-order valence-electron chi connectivity index (χ1n) is 40.4. The number of benzene rings is 3. The Balaban J connectivity index is 0.736. The lowest BCUT2D eigenvalue weighted by atomic mass is 10.0. The molecule has 2 aliphatic heterocycles. The van der Waals surface area contributed by atoms with Crippen LogP contribution in [-0.2, 0) is 115 Å². The number of thiazole rings is 2. The number of carbonyl (C=O) groups is 9. The second kappa shape index (κ2) is 51.7. The van der Waals surface area contributed by atoms with Crippen LogP contribution >= 0.6 is 22.7 Å². The molecule has 1 atom stereocenters. The number of rotatable bonds is 58. The molecule has 0 saturated carbocycles. The predicted octanol–water partition coefficient (Wildman–Crippen LogP) is 5.44. The summed E-state index contributed by atoms with van der Waals surface area (Å²) in [7, 11) is 5.40. The molecular formula is C82H107FN17O22S2+. The van der Waals surface area contributed by atoms with Gasteiger partial charge in [-0.25, -0.2) is 33.4 Å². The highest BCUT2D eigenvalue weighted by atomic mass is 32.1. The van der Waals surface area contributed by atoms with Crippen LogP contribution in [0.1, 0.15) is 87.4 Å². The molecule has 42 heteroatoms. The first kappa shape index (κ1) is 96.5. The summed E-state index contributed by atoms with van der Waals surface area (Å²) in [6.07, 6.45) is 5.42. The Labute approximate surface area is 723 Å². The van der Waals surface area contributed by atoms with Gasteiger partial charge in [0.2, 0.25) is 17.7 Å². The topological polar surface area (TPSA) is 474 Å². The molecule has 9 rings (SSSR count). The van der Waals surface area contributed by atoms with Crippen molar-refractivity contribution in [1.29, 1.82) is 0 Å². The van der Waals surface area contributed by atoms with E-state index in [0.717, 1.165) is 56.8 Å². The SMILES string of the molecule is Cc1c(Nc2nc3ccccc3s2)nnc2c1CCCN2c1nc(C(=O)O)c(CCCOc2ccc(C#CC[N+](C)(C)Cc3ccc(NC(=O)[C@H](CCCNC(N)=O)NC(=O)CNC(=O)CCOCCN4C(=O)C=CC4=O)cc3CN(C)C(=O)OCc3cn(CCOCCOCCOCCOCCOCCOCCOCCOCCC(=O)O)nn3)cc2F)s1. The Morgan fingerprint density at radius 2 is 1.37 bits per heavy atom. The lowest BCUT2D eigenvalue weighted by Crippen LogP contribution is -2.47. The maximum absolute atomic E-state index is 15.8. The number of quaternary nitrogens is 1. The number of carboxylic acids is 2. The van der Waals surface area contributed by atoms with Gasteiger partial charge in [-0.3, -0.25) is 33.7 Å². The van der Waals surface area contributed by atoms with E-state index in [4.69, 9.17) is 62.9 Å². The normalized spacial score (nSPS) is 12.7. The zero-order valence-corrected chi connectivity index (χ0v) is 71.4. The standard InChI is InChI=1S/C82H106FN17O22S2/c1-56-62-12-8-26-99(76(62)94-93-75(56)91-80-89-64-13-5-6-15-67(64)123-80)81-90-74(78(108)109)68(124-81)16-10-30-121-66-20-17-57(49-63(66)83)11-9-29-100(3,4)54-58-18-19-60(87-77(107)65(14-7-25-85-79(84)110)88-70(102)51-86-69(101)23-31-112-34-28-98-71(103)21-22-72(98)104)50-59(58)52-96(2)82(111)122-55-61-53-97(95-92-61)27-33-114-36-38-116-40-42-118-44-46-120-48-47-119-45-43-117-41-39-115-37-35-113-32-24-73(105)106/h5-6,13,15,17-22,49-50,53,65H,7-8,10,12,14,16,23-48,51-52,54-55H2,1-4H3,(H8-,84,85,86,87,88,89,91,93,101,102,105,106,107,108,109,110)/p+1/t65-/m0/s1. The molecule has 2 aliphatic rings. The minimum atomic E-state index is -1.19. The maximum Gasteiger partial charge on any atom is 0.410 e. The second-order valence-corrected chi connectivity index (χ2v) is 30.9. The third-order valence-corrected chi connectivity index (χ3v) is 20.7. The summed E-state index contributed by atoms with van der Waals surface area (Å²) >= 11 is 2.78. The number of hydrogen-bond acceptors (Lipinski definition) is 30. The number of anilines is 5. The number of urea groups is 1. The number of hydrogen-bond donors (Lipinski definition) is 8. The lowest BCUT2D eigenvalue weighted by Gasteiger charge is -2.29. The van der Waals surface area contributed by atoms with Crippen LogP contribution in [0.25, 0.3) is 10.2 Å². The van der Waals surface area contributed by atoms with E-state index in [1.807, 2.05) is 50.2 Å². The van der Waals surface area contributed by atoms with Gasteiger partial charge in [-0.15, -0.1) is 26.6 Å². The number of aliphatic carboxylic acids is 1. The van der Waals surface area contributed by atoms with Gasteiger partial charge in [-0.1, -0.05) is 40.7 Å². The number of carboxylic acid groups (broad SMARTS) is 2. The van der Waals surface area contributed by atoms with Crippen molar-refractivity contribution < 1.29 is 114 Å². The molecular weight excluding hydrogens is 1660 g/mol. The molecule has 4 aromatic heterocycles. The number of amides is 8. The van der Waals surface area contributed by atoms with Crippen molar-refractivity contribution in [2.75, 3.05) is 195 Å². The van der Waals surface area contributed by atoms with Gasteiger partial charge >= 0.3 is 24.1 Å². The summed E-state index contributed by atoms with van der Waals surface area (Å²) < 4.78 is 79.5. The number of carbonyl (C=O) groups excluding carboxylic acids is 7. The molecule has 6 heterocycles. The molecule has 0 spiro atoms. The average Bonchev–Trinajstić information content (AvgIpc) is 1.46. The van der Waals surface area contributed by atoms with Crippen LogP contribution in [0.2, 0.25) is 0 Å². The molecule has 0 radical (unpaired) electrons. The van der Waals surface area contributed by atoms with Gasteiger partial charge in [0.25, 0.3) is 11.8 Å². The maximum atomic E-state index is 15.8. The Morgan fingerprint density at radius 3 is 2.03 bits per heavy atom. The Bertz CT molecular complexity index is 4740. The fourth-order valence-electron chi connectivity index (χ4n) is 12.3. The molecule has 670 valence electrons. The highest BCUT2D eigenvalue weighted by molar-refractivity contribution is 7.22. The van der Waals surface area contributed by atoms with Crippen LogP contribution < -0.4 is 42.0 Å². The van der Waals surface area contributed by atoms with Crippen LogP contribution in [-0.4, -0.2) is 299 Å². The Morgan fingerprint density at radius 1 is 0.718 bits per heavy atom. The smallest absolute Gasteiger partial charge is 0.410 e. The highest BCUT2D eigenvalue weighted by Crippen LogP contribution is 2.39. The molecule has 39 nitrogen and oxygen atoms in total. The van der Waals surface area contributed by atoms with E-state index in [1.165, 1.54) is 46.8 Å². The zero-order valence-electron chi connectivity index (χ0n) is 69.8. The van der Waals surface area contributed by atoms with Gasteiger partial charge in [-0.05, 0) is 99.4 Å². The molecule has 3 aromatic carbocycles. The van der Waals surface area contributed by atoms with Gasteiger partial charge in [-0.2, -0.15) is 0 Å². The fraction of sp³-hybridized carbons (Fsp3) is 0.500. The third kappa shape index (κ3) is 33.4. The van der Waals surface area contributed by atoms with Crippen LogP contribution in [0.4, 0.5) is 41.6 Å². The number of primary amides is 1. The number of para-hydroxylation sites is 1. The van der Waals surface area contributed by atoms with Crippen molar-refractivity contribution in [1.82, 2.24) is 60.9 Å². The number of ether oxygens (including phenoxy) is 11. The van der Waals surface area contributed by atoms with E-state index in [2.05, 4.69) is 68.9 Å². The van der Waals surface area contributed by atoms with Gasteiger partial charge in [0, 0.05) is 78.1 Å². The minimum Gasteiger partial charge on any atom is -0.491 e. The Hall–Kier alpha value is -11.3. The van der Waals surface area contributed by atoms with Crippen molar-refractivity contribution in [3.63, 3.8) is 0 Å². The van der Waals surface area contributed by atoms with Crippen molar-refractivity contribution in [2.45, 2.75) is 90.6 Å². The molecule has 0 unspecified atom stereocenters. The zero-order chi connectivity index (χ0) is 88.4. The van der Waals surface area contributed by atoms with E-state index in [0.29, 0.717) is 175 Å². The van der Waals surface area contributed by atoms with E-state index in [1.54, 1.807) is 35.1 Å². The van der Waals surface area contributed by atoms with Crippen molar-refractivity contribution in [3.8, 4) is 17.6 Å². The van der Waals surface area contributed by atoms with Gasteiger partial charge in [0.1, 0.15) is 31.4 Å². The molecule has 0 fully saturated rings. The van der Waals surface area contributed by atoms with Gasteiger partial charge in [0.05, 0.1) is 182 Å². The van der Waals surface area contributed by atoms with Gasteiger partial charge < -0.3 is 109 Å². The van der Waals surface area contributed by atoms with Crippen molar-refractivity contribution in [2.24, 2.45) is 5.73 Å². The number of nitrogens with two attached hydrogens (primary N) is 1. The van der Waals surface area contributed by atoms with Crippen molar-refractivity contribution >= 4 is 114 Å². The summed E-state index contributed by atoms with van der Waals surface area (Å²) in [5.74, 6) is 1.87. The summed E-state index contributed by atoms with van der Waals surface area (Å²) in [5.41, 5.74) is 10.4. The van der Waals surface area contributed by atoms with E-state index >= 15 is 4.39 Å². The number of fused-ring (bicyclic) bond motifs is 2. The van der Waals surface area contributed by atoms with E-state index in [-0.39, 0.29) is 107 Å². The number of halogens is 1. The average molecular weight is 1770 g/mol. The number of nitrogens with one attached hydrogen (secondary N) is 5. The molecule has 9 N–H and O–H groups in total. The number of aromatic carboxylic acids is 1. The van der Waals surface area contributed by atoms with Crippen molar-refractivity contribution in [3.05, 3.63) is 129 Å². The first-order chi connectivity index (χ1) is 59.9. The quantitative estimate of drug-likeness (QED) is 0.0102. The molecule has 0 bridgehead atoms. The molecule has 7 aromatic rings. The van der Waals surface area contributed by atoms with Crippen LogP contribution in [0.5, 0.6) is 5.75 Å². The molecule has 0 aliphatic carbocycles. The summed E-state index contributed by atoms with van der Waals surface area (Å²) in [6.45, 7) is 8.47.